The molecule has 2 atom stereocenters. The lowest BCUT2D eigenvalue weighted by Crippen LogP contribution is -2.42. The van der Waals surface area contributed by atoms with Crippen molar-refractivity contribution in [3.63, 3.8) is 0 Å². The third-order valence-corrected chi connectivity index (χ3v) is 4.32. The van der Waals surface area contributed by atoms with Crippen molar-refractivity contribution in [2.75, 3.05) is 19.6 Å². The quantitative estimate of drug-likeness (QED) is 0.263. The normalized spacial score (nSPS) is 14.6. The van der Waals surface area contributed by atoms with Gasteiger partial charge in [-0.2, -0.15) is 0 Å². The zero-order valence-corrected chi connectivity index (χ0v) is 19.7. The average molecular weight is 552 g/mol. The molecular weight excluding hydrogens is 525 g/mol. The maximum absolute atomic E-state index is 10.5. The Kier molecular flexibility index (Phi) is 10.2. The summed E-state index contributed by atoms with van der Waals surface area (Å²) in [7, 11) is 0. The number of aliphatic hydroxyl groups is 1. The number of rotatable bonds is 8. The molecule has 3 N–H and O–H groups in total. The zero-order valence-electron chi connectivity index (χ0n) is 15.7. The van der Waals surface area contributed by atoms with Gasteiger partial charge in [-0.3, -0.25) is 0 Å². The molecule has 6 nitrogen and oxygen atoms in total. The fourth-order valence-electron chi connectivity index (χ4n) is 2.28. The number of furan rings is 1. The fourth-order valence-corrected chi connectivity index (χ4v) is 2.66. The van der Waals surface area contributed by atoms with Crippen LogP contribution in [-0.4, -0.2) is 36.8 Å². The summed E-state index contributed by atoms with van der Waals surface area (Å²) in [4.78, 5) is 4.46. The second-order valence-electron chi connectivity index (χ2n) is 6.19. The van der Waals surface area contributed by atoms with Gasteiger partial charge in [0.25, 0.3) is 0 Å². The van der Waals surface area contributed by atoms with Crippen molar-refractivity contribution in [1.29, 1.82) is 0 Å². The Morgan fingerprint density at radius 2 is 2.04 bits per heavy atom. The molecule has 150 valence electrons. The van der Waals surface area contributed by atoms with Crippen molar-refractivity contribution in [3.05, 3.63) is 52.9 Å². The van der Waals surface area contributed by atoms with Gasteiger partial charge >= 0.3 is 0 Å². The Bertz CT molecular complexity index is 708. The summed E-state index contributed by atoms with van der Waals surface area (Å²) in [6.45, 7) is 7.11. The highest BCUT2D eigenvalue weighted by Crippen LogP contribution is 2.24. The Labute approximate surface area is 185 Å². The van der Waals surface area contributed by atoms with Crippen LogP contribution in [0.3, 0.4) is 0 Å². The summed E-state index contributed by atoms with van der Waals surface area (Å²) in [5.41, 5.74) is -1.16. The molecule has 0 radical (unpaired) electrons. The molecule has 2 rings (SSSR count). The van der Waals surface area contributed by atoms with Gasteiger partial charge in [-0.15, -0.1) is 24.0 Å². The number of hydrogen-bond donors (Lipinski definition) is 3. The summed E-state index contributed by atoms with van der Waals surface area (Å²) in [6.07, 6.45) is 1.47. The van der Waals surface area contributed by atoms with Crippen LogP contribution in [0, 0.1) is 0 Å². The van der Waals surface area contributed by atoms with Gasteiger partial charge in [0.2, 0.25) is 0 Å². The van der Waals surface area contributed by atoms with Crippen molar-refractivity contribution < 1.29 is 14.3 Å². The smallest absolute Gasteiger partial charge is 0.191 e. The van der Waals surface area contributed by atoms with Crippen molar-refractivity contribution in [3.8, 4) is 5.75 Å². The molecule has 1 aromatic carbocycles. The molecule has 0 saturated heterocycles. The fraction of sp³-hybridized carbons (Fsp3) is 0.421. The highest BCUT2D eigenvalue weighted by molar-refractivity contribution is 14.0. The van der Waals surface area contributed by atoms with Gasteiger partial charge in [-0.1, -0.05) is 12.1 Å². The summed E-state index contributed by atoms with van der Waals surface area (Å²) >= 11 is 3.48. The third-order valence-electron chi connectivity index (χ3n) is 3.66. The predicted molar refractivity (Wildman–Crippen MR) is 122 cm³/mol. The Balaban J connectivity index is 0.00000364. The van der Waals surface area contributed by atoms with E-state index in [-0.39, 0.29) is 36.6 Å². The molecule has 0 saturated carbocycles. The first kappa shape index (κ1) is 23.8. The first-order valence-corrected chi connectivity index (χ1v) is 9.41. The molecule has 2 unspecified atom stereocenters. The van der Waals surface area contributed by atoms with E-state index in [4.69, 9.17) is 9.15 Å². The first-order chi connectivity index (χ1) is 12.4. The average Bonchev–Trinajstić information content (AvgIpc) is 3.15. The van der Waals surface area contributed by atoms with Crippen LogP contribution in [-0.2, 0) is 5.60 Å². The molecule has 2 aromatic rings. The lowest BCUT2D eigenvalue weighted by molar-refractivity contribution is 0.0437. The minimum atomic E-state index is -1.16. The van der Waals surface area contributed by atoms with Crippen LogP contribution < -0.4 is 15.4 Å². The Morgan fingerprint density at radius 3 is 2.67 bits per heavy atom. The number of ether oxygens (including phenoxy) is 1. The molecule has 1 heterocycles. The van der Waals surface area contributed by atoms with Crippen LogP contribution >= 0.6 is 39.9 Å². The van der Waals surface area contributed by atoms with Crippen LogP contribution in [0.5, 0.6) is 5.75 Å². The van der Waals surface area contributed by atoms with E-state index in [2.05, 4.69) is 31.6 Å². The molecule has 0 amide bonds. The van der Waals surface area contributed by atoms with E-state index in [1.807, 2.05) is 38.1 Å². The van der Waals surface area contributed by atoms with Crippen LogP contribution in [0.25, 0.3) is 0 Å². The highest BCUT2D eigenvalue weighted by Gasteiger charge is 2.26. The van der Waals surface area contributed by atoms with Crippen molar-refractivity contribution >= 4 is 45.9 Å². The molecule has 27 heavy (non-hydrogen) atoms. The topological polar surface area (TPSA) is 79.0 Å². The van der Waals surface area contributed by atoms with E-state index in [1.54, 1.807) is 19.1 Å². The van der Waals surface area contributed by atoms with Crippen LogP contribution in [0.15, 0.2) is 56.5 Å². The number of hydrogen-bond acceptors (Lipinski definition) is 4. The van der Waals surface area contributed by atoms with Crippen molar-refractivity contribution in [2.24, 2.45) is 4.99 Å². The number of nitrogens with one attached hydrogen (secondary N) is 2. The minimum absolute atomic E-state index is 0. The zero-order chi connectivity index (χ0) is 19.0. The summed E-state index contributed by atoms with van der Waals surface area (Å²) in [5.74, 6) is 1.90. The second-order valence-corrected chi connectivity index (χ2v) is 7.04. The lowest BCUT2D eigenvalue weighted by atomic mass is 10.0. The van der Waals surface area contributed by atoms with Crippen molar-refractivity contribution in [2.45, 2.75) is 32.5 Å². The Hall–Kier alpha value is -1.26. The summed E-state index contributed by atoms with van der Waals surface area (Å²) in [5, 5.41) is 16.9. The summed E-state index contributed by atoms with van der Waals surface area (Å²) < 4.78 is 12.1. The standard InChI is InChI=1S/C19H26BrN3O3.HI/c1-4-21-18(23-13-19(3,24)17-10-7-11-25-17)22-12-14(2)26-16-9-6-5-8-15(16)20;/h5-11,14,24H,4,12-13H2,1-3H3,(H2,21,22,23);1H. The number of guanidine groups is 1. The van der Waals surface area contributed by atoms with Crippen molar-refractivity contribution in [1.82, 2.24) is 10.6 Å². The maximum Gasteiger partial charge on any atom is 0.191 e. The van der Waals surface area contributed by atoms with Gasteiger partial charge in [0.15, 0.2) is 5.96 Å². The Morgan fingerprint density at radius 1 is 1.30 bits per heavy atom. The third kappa shape index (κ3) is 7.71. The molecule has 0 spiro atoms. The molecule has 0 fully saturated rings. The number of para-hydroxylation sites is 1. The van der Waals surface area contributed by atoms with Gasteiger partial charge in [0.1, 0.15) is 23.2 Å². The molecule has 0 aliphatic rings. The number of nitrogens with zero attached hydrogens (tertiary/aromatic N) is 1. The van der Waals surface area contributed by atoms with Gasteiger partial charge in [0, 0.05) is 6.54 Å². The second kappa shape index (κ2) is 11.6. The molecule has 0 bridgehead atoms. The predicted octanol–water partition coefficient (Wildman–Crippen LogP) is 3.89. The largest absolute Gasteiger partial charge is 0.488 e. The van der Waals surface area contributed by atoms with E-state index in [9.17, 15) is 5.11 Å². The van der Waals surface area contributed by atoms with Crippen LogP contribution in [0.1, 0.15) is 26.5 Å². The monoisotopic (exact) mass is 551 g/mol. The van der Waals surface area contributed by atoms with Gasteiger partial charge in [0.05, 0.1) is 23.8 Å². The van der Waals surface area contributed by atoms with E-state index in [0.717, 1.165) is 10.2 Å². The van der Waals surface area contributed by atoms with Gasteiger partial charge in [-0.25, -0.2) is 4.99 Å². The van der Waals surface area contributed by atoms with E-state index < -0.39 is 5.60 Å². The number of halogens is 2. The molecule has 0 aliphatic heterocycles. The molecule has 8 heteroatoms. The lowest BCUT2D eigenvalue weighted by Gasteiger charge is -2.21. The van der Waals surface area contributed by atoms with E-state index >= 15 is 0 Å². The summed E-state index contributed by atoms with van der Waals surface area (Å²) in [6, 6.07) is 11.2. The van der Waals surface area contributed by atoms with Crippen LogP contribution in [0.4, 0.5) is 0 Å². The number of benzene rings is 1. The van der Waals surface area contributed by atoms with Gasteiger partial charge in [-0.05, 0) is 61.0 Å². The van der Waals surface area contributed by atoms with Gasteiger partial charge < -0.3 is 24.9 Å². The molecule has 1 aromatic heterocycles. The highest BCUT2D eigenvalue weighted by atomic mass is 127. The minimum Gasteiger partial charge on any atom is -0.488 e. The maximum atomic E-state index is 10.5. The SMILES string of the molecule is CCNC(=NCC(C)(O)c1ccco1)NCC(C)Oc1ccccc1Br.I. The molecular formula is C19H27BrIN3O3. The van der Waals surface area contributed by atoms with Crippen LogP contribution in [0.2, 0.25) is 0 Å². The van der Waals surface area contributed by atoms with E-state index in [0.29, 0.717) is 24.8 Å². The van der Waals surface area contributed by atoms with E-state index in [1.165, 1.54) is 6.26 Å². The molecule has 0 aliphatic carbocycles. The first-order valence-electron chi connectivity index (χ1n) is 8.62. The number of aliphatic imine (C=N–C) groups is 1.